The molecule has 6 heteroatoms. The van der Waals surface area contributed by atoms with Gasteiger partial charge in [-0.15, -0.1) is 0 Å². The largest absolute Gasteiger partial charge is 0.367 e. The average molecular weight is 304 g/mol. The van der Waals surface area contributed by atoms with E-state index in [4.69, 9.17) is 4.74 Å². The van der Waals surface area contributed by atoms with Gasteiger partial charge >= 0.3 is 0 Å². The van der Waals surface area contributed by atoms with Crippen molar-refractivity contribution in [3.8, 4) is 0 Å². The maximum atomic E-state index is 12.6. The third-order valence-corrected chi connectivity index (χ3v) is 4.34. The van der Waals surface area contributed by atoms with Crippen LogP contribution >= 0.6 is 0 Å². The topological polar surface area (TPSA) is 71.1 Å². The molecule has 2 unspecified atom stereocenters. The molecular formula is C16H24N4O2. The van der Waals surface area contributed by atoms with Crippen LogP contribution in [0.5, 0.6) is 0 Å². The van der Waals surface area contributed by atoms with E-state index in [-0.39, 0.29) is 23.8 Å². The second kappa shape index (κ2) is 6.60. The maximum Gasteiger partial charge on any atom is 0.226 e. The van der Waals surface area contributed by atoms with Gasteiger partial charge in [0.1, 0.15) is 6.10 Å². The van der Waals surface area contributed by atoms with Gasteiger partial charge < -0.3 is 9.64 Å². The van der Waals surface area contributed by atoms with Crippen molar-refractivity contribution in [2.45, 2.75) is 45.1 Å². The highest BCUT2D eigenvalue weighted by Crippen LogP contribution is 2.25. The van der Waals surface area contributed by atoms with E-state index in [0.717, 1.165) is 30.9 Å². The van der Waals surface area contributed by atoms with Crippen molar-refractivity contribution in [1.82, 2.24) is 20.1 Å². The van der Waals surface area contributed by atoms with Crippen LogP contribution in [0.4, 0.5) is 0 Å². The van der Waals surface area contributed by atoms with E-state index in [9.17, 15) is 4.79 Å². The SMILES string of the molecule is CC(C)c1n[nH]c(C2CN(C(=O)C3CC=CCC3)CCO2)n1. The number of H-pyrrole nitrogens is 1. The third-order valence-electron chi connectivity index (χ3n) is 4.34. The van der Waals surface area contributed by atoms with Crippen molar-refractivity contribution in [1.29, 1.82) is 0 Å². The third kappa shape index (κ3) is 3.21. The molecule has 120 valence electrons. The highest BCUT2D eigenvalue weighted by atomic mass is 16.5. The van der Waals surface area contributed by atoms with Gasteiger partial charge in [0.25, 0.3) is 0 Å². The molecular weight excluding hydrogens is 280 g/mol. The van der Waals surface area contributed by atoms with Crippen LogP contribution in [0.3, 0.4) is 0 Å². The molecule has 1 aromatic rings. The summed E-state index contributed by atoms with van der Waals surface area (Å²) in [6.07, 6.45) is 6.90. The number of hydrogen-bond acceptors (Lipinski definition) is 4. The number of nitrogens with one attached hydrogen (secondary N) is 1. The molecule has 6 nitrogen and oxygen atoms in total. The summed E-state index contributed by atoms with van der Waals surface area (Å²) in [5.74, 6) is 2.18. The van der Waals surface area contributed by atoms with Crippen LogP contribution in [-0.2, 0) is 9.53 Å². The molecule has 0 spiro atoms. The minimum Gasteiger partial charge on any atom is -0.367 e. The van der Waals surface area contributed by atoms with E-state index in [1.807, 2.05) is 4.90 Å². The smallest absolute Gasteiger partial charge is 0.226 e. The molecule has 3 rings (SSSR count). The van der Waals surface area contributed by atoms with E-state index in [2.05, 4.69) is 41.2 Å². The van der Waals surface area contributed by atoms with Gasteiger partial charge in [-0.3, -0.25) is 9.89 Å². The van der Waals surface area contributed by atoms with Crippen LogP contribution in [-0.4, -0.2) is 45.7 Å². The Bertz CT molecular complexity index is 552. The first-order valence-corrected chi connectivity index (χ1v) is 8.12. The van der Waals surface area contributed by atoms with Crippen molar-refractivity contribution < 1.29 is 9.53 Å². The Morgan fingerprint density at radius 1 is 1.45 bits per heavy atom. The van der Waals surface area contributed by atoms with E-state index < -0.39 is 0 Å². The number of amides is 1. The first kappa shape index (κ1) is 15.2. The fraction of sp³-hybridized carbons (Fsp3) is 0.688. The van der Waals surface area contributed by atoms with E-state index >= 15 is 0 Å². The lowest BCUT2D eigenvalue weighted by molar-refractivity contribution is -0.143. The van der Waals surface area contributed by atoms with Crippen LogP contribution in [0, 0.1) is 5.92 Å². The number of allylic oxidation sites excluding steroid dienone is 2. The first-order valence-electron chi connectivity index (χ1n) is 8.12. The summed E-state index contributed by atoms with van der Waals surface area (Å²) in [7, 11) is 0. The lowest BCUT2D eigenvalue weighted by Crippen LogP contribution is -2.45. The van der Waals surface area contributed by atoms with Crippen LogP contribution in [0.1, 0.15) is 56.8 Å². The quantitative estimate of drug-likeness (QED) is 0.869. The van der Waals surface area contributed by atoms with Crippen molar-refractivity contribution in [3.63, 3.8) is 0 Å². The molecule has 0 saturated carbocycles. The lowest BCUT2D eigenvalue weighted by atomic mass is 9.93. The Hall–Kier alpha value is -1.69. The maximum absolute atomic E-state index is 12.6. The van der Waals surface area contributed by atoms with Crippen molar-refractivity contribution in [3.05, 3.63) is 23.8 Å². The summed E-state index contributed by atoms with van der Waals surface area (Å²) in [6.45, 7) is 5.89. The van der Waals surface area contributed by atoms with Crippen LogP contribution in [0.25, 0.3) is 0 Å². The summed E-state index contributed by atoms with van der Waals surface area (Å²) in [4.78, 5) is 19.1. The number of morpholine rings is 1. The summed E-state index contributed by atoms with van der Waals surface area (Å²) in [5, 5.41) is 7.18. The molecule has 1 saturated heterocycles. The predicted molar refractivity (Wildman–Crippen MR) is 82.2 cm³/mol. The Morgan fingerprint density at radius 3 is 3.00 bits per heavy atom. The number of ether oxygens (including phenoxy) is 1. The van der Waals surface area contributed by atoms with Crippen molar-refractivity contribution in [2.75, 3.05) is 19.7 Å². The Morgan fingerprint density at radius 2 is 2.32 bits per heavy atom. The van der Waals surface area contributed by atoms with Gasteiger partial charge in [0.05, 0.1) is 13.2 Å². The fourth-order valence-corrected chi connectivity index (χ4v) is 2.98. The van der Waals surface area contributed by atoms with Crippen LogP contribution in [0.15, 0.2) is 12.2 Å². The minimum absolute atomic E-state index is 0.129. The molecule has 0 bridgehead atoms. The second-order valence-electron chi connectivity index (χ2n) is 6.36. The number of carbonyl (C=O) groups is 1. The lowest BCUT2D eigenvalue weighted by Gasteiger charge is -2.34. The number of rotatable bonds is 3. The zero-order valence-corrected chi connectivity index (χ0v) is 13.3. The zero-order valence-electron chi connectivity index (χ0n) is 13.3. The van der Waals surface area contributed by atoms with Crippen molar-refractivity contribution >= 4 is 5.91 Å². The number of nitrogens with zero attached hydrogens (tertiary/aromatic N) is 3. The van der Waals surface area contributed by atoms with Crippen molar-refractivity contribution in [2.24, 2.45) is 5.92 Å². The number of aromatic amines is 1. The van der Waals surface area contributed by atoms with Gasteiger partial charge in [-0.25, -0.2) is 4.98 Å². The van der Waals surface area contributed by atoms with Gasteiger partial charge in [0.15, 0.2) is 11.6 Å². The van der Waals surface area contributed by atoms with Gasteiger partial charge in [-0.1, -0.05) is 26.0 Å². The normalized spacial score (nSPS) is 25.7. The Balaban J connectivity index is 1.65. The molecule has 1 amide bonds. The van der Waals surface area contributed by atoms with E-state index in [0.29, 0.717) is 19.7 Å². The van der Waals surface area contributed by atoms with Gasteiger partial charge in [-0.2, -0.15) is 5.10 Å². The molecule has 0 aromatic carbocycles. The van der Waals surface area contributed by atoms with Crippen LogP contribution in [0.2, 0.25) is 0 Å². The molecule has 1 N–H and O–H groups in total. The summed E-state index contributed by atoms with van der Waals surface area (Å²) in [5.41, 5.74) is 0. The molecule has 2 heterocycles. The molecule has 22 heavy (non-hydrogen) atoms. The van der Waals surface area contributed by atoms with Crippen LogP contribution < -0.4 is 0 Å². The molecule has 2 atom stereocenters. The zero-order chi connectivity index (χ0) is 15.5. The Labute approximate surface area is 130 Å². The molecule has 0 radical (unpaired) electrons. The summed E-state index contributed by atoms with van der Waals surface area (Å²) in [6, 6.07) is 0. The van der Waals surface area contributed by atoms with Gasteiger partial charge in [0, 0.05) is 18.4 Å². The molecule has 1 aliphatic heterocycles. The van der Waals surface area contributed by atoms with Gasteiger partial charge in [0.2, 0.25) is 5.91 Å². The number of carbonyl (C=O) groups excluding carboxylic acids is 1. The number of hydrogen-bond donors (Lipinski definition) is 1. The standard InChI is InChI=1S/C16H24N4O2/c1-11(2)14-17-15(19-18-14)13-10-20(8-9-22-13)16(21)12-6-4-3-5-7-12/h3-4,11-13H,5-10H2,1-2H3,(H,17,18,19). The minimum atomic E-state index is -0.197. The van der Waals surface area contributed by atoms with E-state index in [1.54, 1.807) is 0 Å². The van der Waals surface area contributed by atoms with Gasteiger partial charge in [-0.05, 0) is 19.3 Å². The molecule has 2 aliphatic rings. The molecule has 1 aliphatic carbocycles. The second-order valence-corrected chi connectivity index (χ2v) is 6.36. The molecule has 1 aromatic heterocycles. The number of aromatic nitrogens is 3. The summed E-state index contributed by atoms with van der Waals surface area (Å²) < 4.78 is 5.78. The summed E-state index contributed by atoms with van der Waals surface area (Å²) >= 11 is 0. The highest BCUT2D eigenvalue weighted by molar-refractivity contribution is 5.79. The predicted octanol–water partition coefficient (Wildman–Crippen LogP) is 2.18. The highest BCUT2D eigenvalue weighted by Gasteiger charge is 2.31. The Kier molecular flexibility index (Phi) is 4.57. The average Bonchev–Trinajstić information content (AvgIpc) is 3.05. The first-order chi connectivity index (χ1) is 10.6. The monoisotopic (exact) mass is 304 g/mol. The molecule has 1 fully saturated rings. The fourth-order valence-electron chi connectivity index (χ4n) is 2.98. The van der Waals surface area contributed by atoms with E-state index in [1.165, 1.54) is 0 Å².